The number of azo groups is 1. The van der Waals surface area contributed by atoms with Crippen LogP contribution in [0.3, 0.4) is 0 Å². The summed E-state index contributed by atoms with van der Waals surface area (Å²) in [6.07, 6.45) is 2.36. The minimum Gasteiger partial charge on any atom is -0.334 e. The van der Waals surface area contributed by atoms with Crippen molar-refractivity contribution in [3.63, 3.8) is 0 Å². The van der Waals surface area contributed by atoms with Gasteiger partial charge in [-0.15, -0.1) is 5.11 Å². The minimum atomic E-state index is -0.344. The van der Waals surface area contributed by atoms with Crippen molar-refractivity contribution < 1.29 is 9.59 Å². The molecule has 0 aromatic rings. The summed E-state index contributed by atoms with van der Waals surface area (Å²) in [6, 6.07) is -0.113. The molecule has 3 heterocycles. The van der Waals surface area contributed by atoms with Crippen LogP contribution < -0.4 is 5.32 Å². The highest BCUT2D eigenvalue weighted by Crippen LogP contribution is 2.32. The molecule has 6 nitrogen and oxygen atoms in total. The molecule has 0 bridgehead atoms. The molecule has 84 valence electrons. The first-order chi connectivity index (χ1) is 7.77. The Morgan fingerprint density at radius 2 is 2.25 bits per heavy atom. The number of hydrogen-bond donors (Lipinski definition) is 1. The Balaban J connectivity index is 1.99. The quantitative estimate of drug-likeness (QED) is 0.608. The maximum absolute atomic E-state index is 11.8. The number of hydrogen-bond acceptors (Lipinski definition) is 4. The largest absolute Gasteiger partial charge is 0.334 e. The number of nitrogens with zero attached hydrogens (tertiary/aromatic N) is 3. The van der Waals surface area contributed by atoms with E-state index in [4.69, 9.17) is 0 Å². The lowest BCUT2D eigenvalue weighted by Crippen LogP contribution is -2.51. The maximum atomic E-state index is 11.8. The van der Waals surface area contributed by atoms with Crippen LogP contribution in [0.4, 0.5) is 0 Å². The van der Waals surface area contributed by atoms with Crippen molar-refractivity contribution in [2.45, 2.75) is 12.5 Å². The van der Waals surface area contributed by atoms with Gasteiger partial charge in [-0.25, -0.2) is 0 Å². The van der Waals surface area contributed by atoms with E-state index in [1.165, 1.54) is 6.08 Å². The Morgan fingerprint density at radius 1 is 1.38 bits per heavy atom. The molecule has 0 aromatic heterocycles. The SMILES string of the molecule is O=C1N=NC2=CC(=O)N3CCCNCC3C12. The topological polar surface area (TPSA) is 74.1 Å². The van der Waals surface area contributed by atoms with E-state index in [0.717, 1.165) is 13.0 Å². The van der Waals surface area contributed by atoms with Gasteiger partial charge >= 0.3 is 0 Å². The van der Waals surface area contributed by atoms with E-state index >= 15 is 0 Å². The number of amides is 2. The van der Waals surface area contributed by atoms with Crippen molar-refractivity contribution in [3.8, 4) is 0 Å². The zero-order valence-electron chi connectivity index (χ0n) is 8.72. The fraction of sp³-hybridized carbons (Fsp3) is 0.600. The van der Waals surface area contributed by atoms with Crippen LogP contribution in [-0.2, 0) is 9.59 Å². The lowest BCUT2D eigenvalue weighted by atomic mass is 9.91. The molecule has 0 spiro atoms. The Labute approximate surface area is 92.4 Å². The summed E-state index contributed by atoms with van der Waals surface area (Å²) in [5, 5.41) is 10.6. The third-order valence-corrected chi connectivity index (χ3v) is 3.29. The molecular formula is C10H12N4O2. The van der Waals surface area contributed by atoms with Gasteiger partial charge in [0.1, 0.15) is 5.92 Å². The second-order valence-electron chi connectivity index (χ2n) is 4.24. The van der Waals surface area contributed by atoms with Crippen molar-refractivity contribution in [2.24, 2.45) is 16.1 Å². The van der Waals surface area contributed by atoms with E-state index in [1.807, 2.05) is 0 Å². The fourth-order valence-corrected chi connectivity index (χ4v) is 2.52. The number of fused-ring (bicyclic) bond motifs is 3. The molecule has 1 N–H and O–H groups in total. The van der Waals surface area contributed by atoms with Gasteiger partial charge in [-0.2, -0.15) is 5.11 Å². The van der Waals surface area contributed by atoms with Crippen molar-refractivity contribution in [2.75, 3.05) is 19.6 Å². The number of nitrogens with one attached hydrogen (secondary N) is 1. The van der Waals surface area contributed by atoms with Crippen molar-refractivity contribution in [1.82, 2.24) is 10.2 Å². The van der Waals surface area contributed by atoms with Crippen LogP contribution in [-0.4, -0.2) is 42.4 Å². The zero-order valence-corrected chi connectivity index (χ0v) is 8.72. The molecule has 3 rings (SSSR count). The van der Waals surface area contributed by atoms with Crippen molar-refractivity contribution in [1.29, 1.82) is 0 Å². The molecule has 16 heavy (non-hydrogen) atoms. The van der Waals surface area contributed by atoms with Gasteiger partial charge in [-0.3, -0.25) is 9.59 Å². The van der Waals surface area contributed by atoms with Gasteiger partial charge in [0.05, 0.1) is 11.7 Å². The summed E-state index contributed by atoms with van der Waals surface area (Å²) in [4.78, 5) is 25.2. The van der Waals surface area contributed by atoms with Crippen LogP contribution in [0, 0.1) is 5.92 Å². The van der Waals surface area contributed by atoms with Crippen LogP contribution >= 0.6 is 0 Å². The van der Waals surface area contributed by atoms with Crippen molar-refractivity contribution in [3.05, 3.63) is 11.8 Å². The Kier molecular flexibility index (Phi) is 2.10. The summed E-state index contributed by atoms with van der Waals surface area (Å²) in [5.74, 6) is -0.616. The van der Waals surface area contributed by atoms with Gasteiger partial charge in [-0.05, 0) is 13.0 Å². The van der Waals surface area contributed by atoms with Crippen LogP contribution in [0.25, 0.3) is 0 Å². The fourth-order valence-electron chi connectivity index (χ4n) is 2.52. The Hall–Kier alpha value is -1.56. The normalized spacial score (nSPS) is 33.2. The first-order valence-corrected chi connectivity index (χ1v) is 5.46. The number of rotatable bonds is 0. The van der Waals surface area contributed by atoms with Crippen LogP contribution in [0.15, 0.2) is 22.0 Å². The van der Waals surface area contributed by atoms with Crippen LogP contribution in [0.1, 0.15) is 6.42 Å². The predicted octanol–water partition coefficient (Wildman–Crippen LogP) is -0.317. The van der Waals surface area contributed by atoms with Gasteiger partial charge in [0.25, 0.3) is 5.91 Å². The second kappa shape index (κ2) is 3.48. The monoisotopic (exact) mass is 220 g/mol. The first kappa shape index (κ1) is 9.65. The summed E-state index contributed by atoms with van der Waals surface area (Å²) >= 11 is 0. The standard InChI is InChI=1S/C10H12N4O2/c15-8-4-6-9(10(16)13-12-6)7-5-11-2-1-3-14(7)8/h4,7,9,11H,1-3,5H2. The highest BCUT2D eigenvalue weighted by atomic mass is 16.2. The summed E-state index contributed by atoms with van der Waals surface area (Å²) in [6.45, 7) is 2.22. The molecule has 2 amide bonds. The van der Waals surface area contributed by atoms with Gasteiger partial charge in [0, 0.05) is 19.2 Å². The lowest BCUT2D eigenvalue weighted by molar-refractivity contribution is -0.132. The molecule has 0 aromatic carbocycles. The van der Waals surface area contributed by atoms with E-state index in [9.17, 15) is 9.59 Å². The third-order valence-electron chi connectivity index (χ3n) is 3.29. The third kappa shape index (κ3) is 1.30. The zero-order chi connectivity index (χ0) is 11.1. The van der Waals surface area contributed by atoms with Crippen molar-refractivity contribution >= 4 is 11.8 Å². The molecule has 2 atom stereocenters. The predicted molar refractivity (Wildman–Crippen MR) is 54.4 cm³/mol. The minimum absolute atomic E-state index is 0.0476. The van der Waals surface area contributed by atoms with Gasteiger partial charge in [0.2, 0.25) is 5.91 Å². The van der Waals surface area contributed by atoms with Gasteiger partial charge in [0.15, 0.2) is 0 Å². The van der Waals surface area contributed by atoms with Crippen LogP contribution in [0.5, 0.6) is 0 Å². The summed E-state index contributed by atoms with van der Waals surface area (Å²) in [7, 11) is 0. The summed E-state index contributed by atoms with van der Waals surface area (Å²) < 4.78 is 0. The van der Waals surface area contributed by atoms with Gasteiger partial charge in [-0.1, -0.05) is 0 Å². The Bertz CT molecular complexity index is 415. The number of carbonyl (C=O) groups is 2. The van der Waals surface area contributed by atoms with E-state index < -0.39 is 0 Å². The smallest absolute Gasteiger partial charge is 0.275 e. The molecular weight excluding hydrogens is 208 g/mol. The number of carbonyl (C=O) groups excluding carboxylic acids is 2. The molecule has 1 fully saturated rings. The molecule has 0 aliphatic carbocycles. The maximum Gasteiger partial charge on any atom is 0.275 e. The van der Waals surface area contributed by atoms with Gasteiger partial charge < -0.3 is 10.2 Å². The lowest BCUT2D eigenvalue weighted by Gasteiger charge is -2.35. The molecule has 0 radical (unpaired) electrons. The highest BCUT2D eigenvalue weighted by Gasteiger charge is 2.44. The average molecular weight is 220 g/mol. The molecule has 3 aliphatic rings. The average Bonchev–Trinajstić information content (AvgIpc) is 2.53. The first-order valence-electron chi connectivity index (χ1n) is 5.46. The highest BCUT2D eigenvalue weighted by molar-refractivity contribution is 5.95. The molecule has 2 unspecified atom stereocenters. The summed E-state index contributed by atoms with van der Waals surface area (Å²) in [5.41, 5.74) is 0.528. The van der Waals surface area contributed by atoms with Crippen LogP contribution in [0.2, 0.25) is 0 Å². The van der Waals surface area contributed by atoms with E-state index in [-0.39, 0.29) is 23.8 Å². The van der Waals surface area contributed by atoms with E-state index in [1.54, 1.807) is 4.90 Å². The van der Waals surface area contributed by atoms with E-state index in [2.05, 4.69) is 15.5 Å². The second-order valence-corrected chi connectivity index (χ2v) is 4.24. The molecule has 6 heteroatoms. The molecule has 1 saturated heterocycles. The molecule has 3 aliphatic heterocycles. The van der Waals surface area contributed by atoms with E-state index in [0.29, 0.717) is 18.8 Å². The Morgan fingerprint density at radius 3 is 3.12 bits per heavy atom. The molecule has 0 saturated carbocycles.